The largest absolute Gasteiger partial charge is 0.493 e. The van der Waals surface area contributed by atoms with Gasteiger partial charge in [0.2, 0.25) is 5.91 Å². The molecular weight excluding hydrogens is 252 g/mol. The minimum absolute atomic E-state index is 0.235. The van der Waals surface area contributed by atoms with Crippen molar-refractivity contribution in [3.8, 4) is 5.75 Å². The Hall–Kier alpha value is -1.55. The van der Waals surface area contributed by atoms with Gasteiger partial charge >= 0.3 is 0 Å². The van der Waals surface area contributed by atoms with Crippen molar-refractivity contribution in [2.45, 2.75) is 25.3 Å². The number of carbonyl (C=O) groups excluding carboxylic acids is 1. The van der Waals surface area contributed by atoms with Crippen molar-refractivity contribution in [2.24, 2.45) is 5.92 Å². The van der Waals surface area contributed by atoms with Crippen molar-refractivity contribution in [2.75, 3.05) is 26.2 Å². The monoisotopic (exact) mass is 274 g/mol. The standard InChI is InChI=1S/C16H22N2O2/c19-16(8-10-20-14-6-2-1-3-7-14)18-9-4-5-13-11-17-12-15(13)18/h1-3,6-7,13,15,17H,4-5,8-12H2. The van der Waals surface area contributed by atoms with Gasteiger partial charge in [-0.05, 0) is 30.9 Å². The number of nitrogens with one attached hydrogen (secondary N) is 1. The molecule has 0 saturated carbocycles. The van der Waals surface area contributed by atoms with Crippen molar-refractivity contribution in [3.63, 3.8) is 0 Å². The van der Waals surface area contributed by atoms with Crippen LogP contribution in [0.15, 0.2) is 30.3 Å². The molecule has 4 heteroatoms. The lowest BCUT2D eigenvalue weighted by Crippen LogP contribution is -2.48. The number of nitrogens with zero attached hydrogens (tertiary/aromatic N) is 1. The van der Waals surface area contributed by atoms with Gasteiger partial charge in [0, 0.05) is 25.7 Å². The van der Waals surface area contributed by atoms with Gasteiger partial charge in [-0.15, -0.1) is 0 Å². The van der Waals surface area contributed by atoms with Crippen molar-refractivity contribution in [1.29, 1.82) is 0 Å². The number of para-hydroxylation sites is 1. The summed E-state index contributed by atoms with van der Waals surface area (Å²) in [6.45, 7) is 3.39. The number of hydrogen-bond donors (Lipinski definition) is 1. The zero-order chi connectivity index (χ0) is 13.8. The van der Waals surface area contributed by atoms with E-state index in [1.807, 2.05) is 30.3 Å². The summed E-state index contributed by atoms with van der Waals surface area (Å²) in [6, 6.07) is 10.1. The van der Waals surface area contributed by atoms with Crippen LogP contribution in [0.2, 0.25) is 0 Å². The van der Waals surface area contributed by atoms with Gasteiger partial charge in [0.1, 0.15) is 5.75 Å². The minimum atomic E-state index is 0.235. The van der Waals surface area contributed by atoms with Gasteiger partial charge < -0.3 is 15.0 Å². The van der Waals surface area contributed by atoms with Crippen LogP contribution in [0.3, 0.4) is 0 Å². The molecule has 1 N–H and O–H groups in total. The number of hydrogen-bond acceptors (Lipinski definition) is 3. The van der Waals surface area contributed by atoms with Crippen LogP contribution in [0.4, 0.5) is 0 Å². The summed E-state index contributed by atoms with van der Waals surface area (Å²) < 4.78 is 5.62. The minimum Gasteiger partial charge on any atom is -0.493 e. The molecular formula is C16H22N2O2. The number of carbonyl (C=O) groups is 1. The van der Waals surface area contributed by atoms with Crippen LogP contribution < -0.4 is 10.1 Å². The Morgan fingerprint density at radius 1 is 1.30 bits per heavy atom. The van der Waals surface area contributed by atoms with Crippen molar-refractivity contribution >= 4 is 5.91 Å². The van der Waals surface area contributed by atoms with Gasteiger partial charge in [-0.3, -0.25) is 4.79 Å². The van der Waals surface area contributed by atoms with E-state index in [1.54, 1.807) is 0 Å². The van der Waals surface area contributed by atoms with Gasteiger partial charge in [-0.25, -0.2) is 0 Å². The highest BCUT2D eigenvalue weighted by atomic mass is 16.5. The molecule has 2 unspecified atom stereocenters. The van der Waals surface area contributed by atoms with E-state index in [-0.39, 0.29) is 5.91 Å². The summed E-state index contributed by atoms with van der Waals surface area (Å²) in [5.41, 5.74) is 0. The predicted octanol–water partition coefficient (Wildman–Crippen LogP) is 1.67. The Kier molecular flexibility index (Phi) is 4.21. The smallest absolute Gasteiger partial charge is 0.226 e. The number of benzene rings is 1. The van der Waals surface area contributed by atoms with E-state index in [0.717, 1.165) is 31.8 Å². The summed E-state index contributed by atoms with van der Waals surface area (Å²) in [5, 5.41) is 3.41. The first kappa shape index (κ1) is 13.4. The molecule has 2 aliphatic rings. The van der Waals surface area contributed by atoms with Crippen LogP contribution in [-0.4, -0.2) is 43.1 Å². The molecule has 3 rings (SSSR count). The zero-order valence-corrected chi connectivity index (χ0v) is 11.8. The molecule has 2 heterocycles. The quantitative estimate of drug-likeness (QED) is 0.908. The highest BCUT2D eigenvalue weighted by Crippen LogP contribution is 2.26. The highest BCUT2D eigenvalue weighted by Gasteiger charge is 2.36. The maximum Gasteiger partial charge on any atom is 0.226 e. The normalized spacial score (nSPS) is 25.3. The summed E-state index contributed by atoms with van der Waals surface area (Å²) in [4.78, 5) is 14.4. The van der Waals surface area contributed by atoms with Gasteiger partial charge in [-0.1, -0.05) is 18.2 Å². The zero-order valence-electron chi connectivity index (χ0n) is 11.8. The number of ether oxygens (including phenoxy) is 1. The fraction of sp³-hybridized carbons (Fsp3) is 0.562. The first-order valence-corrected chi connectivity index (χ1v) is 7.52. The first-order chi connectivity index (χ1) is 9.84. The highest BCUT2D eigenvalue weighted by molar-refractivity contribution is 5.77. The second-order valence-electron chi connectivity index (χ2n) is 5.63. The molecule has 2 fully saturated rings. The van der Waals surface area contributed by atoms with Gasteiger partial charge in [-0.2, -0.15) is 0 Å². The predicted molar refractivity (Wildman–Crippen MR) is 77.6 cm³/mol. The van der Waals surface area contributed by atoms with E-state index in [1.165, 1.54) is 6.42 Å². The Bertz CT molecular complexity index is 449. The van der Waals surface area contributed by atoms with E-state index in [0.29, 0.717) is 25.0 Å². The number of rotatable bonds is 4. The average Bonchev–Trinajstić information content (AvgIpc) is 2.96. The molecule has 2 aliphatic heterocycles. The third-order valence-electron chi connectivity index (χ3n) is 4.33. The Morgan fingerprint density at radius 3 is 3.00 bits per heavy atom. The maximum absolute atomic E-state index is 12.3. The molecule has 0 bridgehead atoms. The molecule has 0 spiro atoms. The molecule has 4 nitrogen and oxygen atoms in total. The molecule has 0 aromatic heterocycles. The summed E-state index contributed by atoms with van der Waals surface area (Å²) in [7, 11) is 0. The lowest BCUT2D eigenvalue weighted by Gasteiger charge is -2.37. The number of likely N-dealkylation sites (tertiary alicyclic amines) is 1. The number of piperidine rings is 1. The van der Waals surface area contributed by atoms with E-state index in [4.69, 9.17) is 4.74 Å². The van der Waals surface area contributed by atoms with Crippen molar-refractivity contribution in [1.82, 2.24) is 10.2 Å². The lowest BCUT2D eigenvalue weighted by molar-refractivity contribution is -0.135. The van der Waals surface area contributed by atoms with Gasteiger partial charge in [0.15, 0.2) is 0 Å². The van der Waals surface area contributed by atoms with Crippen LogP contribution in [-0.2, 0) is 4.79 Å². The third-order valence-corrected chi connectivity index (χ3v) is 4.33. The fourth-order valence-corrected chi connectivity index (χ4v) is 3.29. The molecule has 2 saturated heterocycles. The molecule has 1 amide bonds. The van der Waals surface area contributed by atoms with E-state index >= 15 is 0 Å². The number of amides is 1. The van der Waals surface area contributed by atoms with Crippen LogP contribution in [0.1, 0.15) is 19.3 Å². The lowest BCUT2D eigenvalue weighted by atomic mass is 9.92. The second kappa shape index (κ2) is 6.27. The average molecular weight is 274 g/mol. The second-order valence-corrected chi connectivity index (χ2v) is 5.63. The topological polar surface area (TPSA) is 41.6 Å². The summed E-state index contributed by atoms with van der Waals surface area (Å²) in [5.74, 6) is 1.72. The van der Waals surface area contributed by atoms with Crippen LogP contribution in [0, 0.1) is 5.92 Å². The van der Waals surface area contributed by atoms with Gasteiger partial charge in [0.05, 0.1) is 13.0 Å². The molecule has 2 atom stereocenters. The summed E-state index contributed by atoms with van der Waals surface area (Å²) in [6.07, 6.45) is 2.86. The van der Waals surface area contributed by atoms with Crippen LogP contribution >= 0.6 is 0 Å². The van der Waals surface area contributed by atoms with E-state index < -0.39 is 0 Å². The Balaban J connectivity index is 1.49. The number of fused-ring (bicyclic) bond motifs is 1. The van der Waals surface area contributed by atoms with Crippen LogP contribution in [0.5, 0.6) is 5.75 Å². The van der Waals surface area contributed by atoms with Crippen molar-refractivity contribution in [3.05, 3.63) is 30.3 Å². The van der Waals surface area contributed by atoms with Gasteiger partial charge in [0.25, 0.3) is 0 Å². The maximum atomic E-state index is 12.3. The van der Waals surface area contributed by atoms with E-state index in [2.05, 4.69) is 10.2 Å². The molecule has 0 aliphatic carbocycles. The SMILES string of the molecule is O=C(CCOc1ccccc1)N1CCCC2CNCC21. The van der Waals surface area contributed by atoms with E-state index in [9.17, 15) is 4.79 Å². The summed E-state index contributed by atoms with van der Waals surface area (Å²) >= 11 is 0. The molecule has 1 aromatic carbocycles. The Morgan fingerprint density at radius 2 is 2.15 bits per heavy atom. The third kappa shape index (κ3) is 2.96. The van der Waals surface area contributed by atoms with Crippen LogP contribution in [0.25, 0.3) is 0 Å². The molecule has 20 heavy (non-hydrogen) atoms. The Labute approximate surface area is 120 Å². The first-order valence-electron chi connectivity index (χ1n) is 7.52. The molecule has 1 aromatic rings. The molecule has 0 radical (unpaired) electrons. The fourth-order valence-electron chi connectivity index (χ4n) is 3.29. The van der Waals surface area contributed by atoms with Crippen molar-refractivity contribution < 1.29 is 9.53 Å². The molecule has 108 valence electrons.